The molecule has 1 amide bonds. The molecular formula is C18H19N5O2. The molecule has 0 bridgehead atoms. The first-order chi connectivity index (χ1) is 12.2. The van der Waals surface area contributed by atoms with E-state index in [2.05, 4.69) is 21.5 Å². The second-order valence-corrected chi connectivity index (χ2v) is 6.22. The van der Waals surface area contributed by atoms with Crippen molar-refractivity contribution in [1.82, 2.24) is 25.2 Å². The van der Waals surface area contributed by atoms with Gasteiger partial charge in [-0.25, -0.2) is 0 Å². The number of pyridine rings is 1. The number of hydrogen-bond acceptors (Lipinski definition) is 5. The molecule has 25 heavy (non-hydrogen) atoms. The molecular weight excluding hydrogens is 318 g/mol. The molecule has 1 aliphatic carbocycles. The number of aromatic nitrogens is 4. The number of nitrogens with zero attached hydrogens (tertiary/aromatic N) is 4. The Bertz CT molecular complexity index is 880. The molecule has 3 aromatic rings. The fraction of sp³-hybridized carbons (Fsp3) is 0.333. The summed E-state index contributed by atoms with van der Waals surface area (Å²) in [5, 5.41) is 11.2. The maximum absolute atomic E-state index is 12.1. The predicted molar refractivity (Wildman–Crippen MR) is 91.0 cm³/mol. The van der Waals surface area contributed by atoms with Gasteiger partial charge in [-0.2, -0.15) is 5.10 Å². The number of amides is 1. The number of aryl methyl sites for hydroxylation is 1. The zero-order valence-electron chi connectivity index (χ0n) is 14.0. The minimum absolute atomic E-state index is 0.177. The maximum atomic E-state index is 12.1. The summed E-state index contributed by atoms with van der Waals surface area (Å²) >= 11 is 0. The van der Waals surface area contributed by atoms with Crippen molar-refractivity contribution >= 4 is 5.91 Å². The molecule has 0 unspecified atom stereocenters. The number of carbonyl (C=O) groups excluding carboxylic acids is 1. The summed E-state index contributed by atoms with van der Waals surface area (Å²) in [6.07, 6.45) is 5.60. The highest BCUT2D eigenvalue weighted by Gasteiger charge is 2.28. The lowest BCUT2D eigenvalue weighted by molar-refractivity contribution is 0.0950. The van der Waals surface area contributed by atoms with E-state index in [0.29, 0.717) is 30.3 Å². The van der Waals surface area contributed by atoms with Crippen LogP contribution in [-0.2, 0) is 6.54 Å². The first kappa shape index (κ1) is 15.6. The van der Waals surface area contributed by atoms with Gasteiger partial charge in [-0.05, 0) is 38.0 Å². The molecule has 1 fully saturated rings. The van der Waals surface area contributed by atoms with Gasteiger partial charge < -0.3 is 9.84 Å². The molecule has 4 rings (SSSR count). The van der Waals surface area contributed by atoms with Crippen LogP contribution in [0, 0.1) is 6.92 Å². The van der Waals surface area contributed by atoms with E-state index in [9.17, 15) is 4.79 Å². The van der Waals surface area contributed by atoms with Gasteiger partial charge in [-0.1, -0.05) is 11.2 Å². The van der Waals surface area contributed by atoms with Crippen molar-refractivity contribution < 1.29 is 9.32 Å². The van der Waals surface area contributed by atoms with E-state index < -0.39 is 0 Å². The SMILES string of the molecule is Cc1oncc1C(=O)NCCn1nc(-c2ccccn2)cc1C1CC1. The van der Waals surface area contributed by atoms with E-state index in [1.54, 1.807) is 13.1 Å². The van der Waals surface area contributed by atoms with E-state index >= 15 is 0 Å². The average Bonchev–Trinajstić information content (AvgIpc) is 3.24. The lowest BCUT2D eigenvalue weighted by atomic mass is 10.2. The number of carbonyl (C=O) groups is 1. The van der Waals surface area contributed by atoms with Crippen LogP contribution in [0.5, 0.6) is 0 Å². The quantitative estimate of drug-likeness (QED) is 0.747. The van der Waals surface area contributed by atoms with Crippen LogP contribution in [0.1, 0.15) is 40.6 Å². The highest BCUT2D eigenvalue weighted by molar-refractivity contribution is 5.94. The van der Waals surface area contributed by atoms with Crippen molar-refractivity contribution in [3.05, 3.63) is 53.7 Å². The van der Waals surface area contributed by atoms with E-state index in [4.69, 9.17) is 9.62 Å². The molecule has 0 aromatic carbocycles. The molecule has 1 saturated carbocycles. The highest BCUT2D eigenvalue weighted by Crippen LogP contribution is 2.41. The Kier molecular flexibility index (Phi) is 4.05. The largest absolute Gasteiger partial charge is 0.361 e. The van der Waals surface area contributed by atoms with E-state index in [-0.39, 0.29) is 5.91 Å². The first-order valence-corrected chi connectivity index (χ1v) is 8.41. The summed E-state index contributed by atoms with van der Waals surface area (Å²) in [4.78, 5) is 16.5. The zero-order valence-corrected chi connectivity index (χ0v) is 14.0. The highest BCUT2D eigenvalue weighted by atomic mass is 16.5. The normalized spacial score (nSPS) is 13.8. The van der Waals surface area contributed by atoms with Gasteiger partial charge in [0.25, 0.3) is 5.91 Å². The minimum Gasteiger partial charge on any atom is -0.361 e. The Labute approximate surface area is 145 Å². The molecule has 0 saturated heterocycles. The van der Waals surface area contributed by atoms with Crippen molar-refractivity contribution in [1.29, 1.82) is 0 Å². The Hall–Kier alpha value is -2.96. The second-order valence-electron chi connectivity index (χ2n) is 6.22. The Morgan fingerprint density at radius 3 is 2.92 bits per heavy atom. The van der Waals surface area contributed by atoms with Gasteiger partial charge in [0.2, 0.25) is 0 Å². The molecule has 0 aliphatic heterocycles. The van der Waals surface area contributed by atoms with E-state index in [1.807, 2.05) is 22.9 Å². The molecule has 0 spiro atoms. The summed E-state index contributed by atoms with van der Waals surface area (Å²) in [5.41, 5.74) is 3.43. The van der Waals surface area contributed by atoms with Crippen molar-refractivity contribution in [3.63, 3.8) is 0 Å². The second kappa shape index (κ2) is 6.51. The predicted octanol–water partition coefficient (Wildman–Crippen LogP) is 2.55. The zero-order chi connectivity index (χ0) is 17.2. The van der Waals surface area contributed by atoms with Crippen LogP contribution in [0.15, 0.2) is 41.2 Å². The van der Waals surface area contributed by atoms with Gasteiger partial charge in [-0.3, -0.25) is 14.5 Å². The van der Waals surface area contributed by atoms with Gasteiger partial charge in [-0.15, -0.1) is 0 Å². The van der Waals surface area contributed by atoms with Crippen molar-refractivity contribution in [2.45, 2.75) is 32.2 Å². The molecule has 0 atom stereocenters. The van der Waals surface area contributed by atoms with Crippen LogP contribution < -0.4 is 5.32 Å². The fourth-order valence-corrected chi connectivity index (χ4v) is 2.84. The summed E-state index contributed by atoms with van der Waals surface area (Å²) < 4.78 is 6.91. The third-order valence-corrected chi connectivity index (χ3v) is 4.34. The molecule has 7 heteroatoms. The number of rotatable bonds is 6. The monoisotopic (exact) mass is 337 g/mol. The Balaban J connectivity index is 1.46. The number of nitrogens with one attached hydrogen (secondary N) is 1. The van der Waals surface area contributed by atoms with Crippen LogP contribution in [0.3, 0.4) is 0 Å². The maximum Gasteiger partial charge on any atom is 0.256 e. The smallest absolute Gasteiger partial charge is 0.256 e. The minimum atomic E-state index is -0.177. The lowest BCUT2D eigenvalue weighted by Gasteiger charge is -2.07. The third kappa shape index (κ3) is 3.31. The van der Waals surface area contributed by atoms with Crippen molar-refractivity contribution in [2.75, 3.05) is 6.54 Å². The summed E-state index contributed by atoms with van der Waals surface area (Å²) in [6.45, 7) is 2.83. The molecule has 3 aromatic heterocycles. The van der Waals surface area contributed by atoms with Gasteiger partial charge in [0.15, 0.2) is 0 Å². The van der Waals surface area contributed by atoms with Gasteiger partial charge >= 0.3 is 0 Å². The molecule has 1 aliphatic rings. The topological polar surface area (TPSA) is 85.8 Å². The Morgan fingerprint density at radius 1 is 1.36 bits per heavy atom. The lowest BCUT2D eigenvalue weighted by Crippen LogP contribution is -2.28. The number of hydrogen-bond donors (Lipinski definition) is 1. The van der Waals surface area contributed by atoms with Gasteiger partial charge in [0.05, 0.1) is 18.4 Å². The van der Waals surface area contributed by atoms with Crippen LogP contribution in [0.25, 0.3) is 11.4 Å². The first-order valence-electron chi connectivity index (χ1n) is 8.41. The van der Waals surface area contributed by atoms with Crippen LogP contribution in [-0.4, -0.2) is 32.4 Å². The molecule has 1 N–H and O–H groups in total. The van der Waals surface area contributed by atoms with Crippen LogP contribution in [0.2, 0.25) is 0 Å². The molecule has 128 valence electrons. The molecule has 7 nitrogen and oxygen atoms in total. The Morgan fingerprint density at radius 2 is 2.24 bits per heavy atom. The summed E-state index contributed by atoms with van der Waals surface area (Å²) in [6, 6.07) is 7.93. The summed E-state index contributed by atoms with van der Waals surface area (Å²) in [5.74, 6) is 0.914. The van der Waals surface area contributed by atoms with E-state index in [1.165, 1.54) is 24.7 Å². The van der Waals surface area contributed by atoms with Crippen LogP contribution in [0.4, 0.5) is 0 Å². The van der Waals surface area contributed by atoms with Crippen molar-refractivity contribution in [2.24, 2.45) is 0 Å². The summed E-state index contributed by atoms with van der Waals surface area (Å²) in [7, 11) is 0. The van der Waals surface area contributed by atoms with Gasteiger partial charge in [0, 0.05) is 24.4 Å². The van der Waals surface area contributed by atoms with Crippen LogP contribution >= 0.6 is 0 Å². The average molecular weight is 337 g/mol. The molecule has 3 heterocycles. The third-order valence-electron chi connectivity index (χ3n) is 4.34. The standard InChI is InChI=1S/C18H19N5O2/c1-12-14(11-21-25-12)18(24)20-8-9-23-17(13-5-6-13)10-16(22-23)15-4-2-3-7-19-15/h2-4,7,10-11,13H,5-6,8-9H2,1H3,(H,20,24). The van der Waals surface area contributed by atoms with E-state index in [0.717, 1.165) is 11.4 Å². The van der Waals surface area contributed by atoms with Gasteiger partial charge in [0.1, 0.15) is 17.0 Å². The molecule has 0 radical (unpaired) electrons. The van der Waals surface area contributed by atoms with Crippen molar-refractivity contribution in [3.8, 4) is 11.4 Å². The fourth-order valence-electron chi connectivity index (χ4n) is 2.84.